The fraction of sp³-hybridized carbons (Fsp3) is 0.250. The Morgan fingerprint density at radius 1 is 1.11 bits per heavy atom. The molecule has 0 aliphatic carbocycles. The molecule has 1 aliphatic rings. The van der Waals surface area contributed by atoms with Crippen molar-refractivity contribution in [1.29, 1.82) is 0 Å². The molecule has 0 aromatic heterocycles. The number of alkyl halides is 3. The molecule has 3 rings (SSSR count). The van der Waals surface area contributed by atoms with Crippen LogP contribution in [0, 0.1) is 5.82 Å². The summed E-state index contributed by atoms with van der Waals surface area (Å²) in [6.07, 6.45) is -5.03. The molecule has 2 aromatic carbocycles. The van der Waals surface area contributed by atoms with E-state index in [0.29, 0.717) is 4.47 Å². The smallest absolute Gasteiger partial charge is 0.367 e. The van der Waals surface area contributed by atoms with Crippen LogP contribution in [0.25, 0.3) is 0 Å². The van der Waals surface area contributed by atoms with Crippen LogP contribution in [0.4, 0.5) is 17.6 Å². The molecule has 0 spiro atoms. The Kier molecular flexibility index (Phi) is 5.10. The number of β-amino-alcohol motifs (C(OH)–C–C–N with tert-alkyl or cyclic N) is 1. The molecule has 152 valence electrons. The number of halogens is 5. The van der Waals surface area contributed by atoms with Crippen molar-refractivity contribution >= 4 is 26.0 Å². The molecule has 28 heavy (non-hydrogen) atoms. The number of hydrogen-bond donors (Lipinski definition) is 4. The summed E-state index contributed by atoms with van der Waals surface area (Å²) in [6, 6.07) is 8.78. The molecular weight excluding hydrogens is 470 g/mol. The molecule has 1 heterocycles. The van der Waals surface area contributed by atoms with Crippen molar-refractivity contribution < 1.29 is 31.1 Å². The van der Waals surface area contributed by atoms with Crippen molar-refractivity contribution in [2.75, 3.05) is 6.54 Å². The summed E-state index contributed by atoms with van der Waals surface area (Å²) in [4.78, 5) is -0.800. The lowest BCUT2D eigenvalue weighted by Crippen LogP contribution is -2.59. The molecule has 0 saturated carbocycles. The Morgan fingerprint density at radius 3 is 2.14 bits per heavy atom. The Hall–Kier alpha value is -1.57. The molecule has 2 atom stereocenters. The van der Waals surface area contributed by atoms with Crippen LogP contribution in [0.5, 0.6) is 0 Å². The van der Waals surface area contributed by atoms with Crippen LogP contribution < -0.4 is 15.8 Å². The largest absolute Gasteiger partial charge is 0.432 e. The second-order valence-electron chi connectivity index (χ2n) is 6.28. The zero-order chi connectivity index (χ0) is 21.0. The molecule has 1 fully saturated rings. The minimum absolute atomic E-state index is 0.0834. The van der Waals surface area contributed by atoms with Crippen molar-refractivity contribution in [1.82, 2.24) is 10.6 Å². The van der Waals surface area contributed by atoms with E-state index in [0.717, 1.165) is 18.2 Å². The summed E-state index contributed by atoms with van der Waals surface area (Å²) < 4.78 is 77.9. The normalized spacial score (nSPS) is 25.8. The molecule has 12 heteroatoms. The quantitative estimate of drug-likeness (QED) is 0.499. The predicted octanol–water partition coefficient (Wildman–Crippen LogP) is 1.88. The summed E-state index contributed by atoms with van der Waals surface area (Å²) in [5, 5.41) is 19.7. The molecule has 1 saturated heterocycles. The van der Waals surface area contributed by atoms with Crippen LogP contribution >= 0.6 is 15.9 Å². The maximum Gasteiger partial charge on any atom is 0.432 e. The third-order valence-corrected chi connectivity index (χ3v) is 5.89. The lowest BCUT2D eigenvalue weighted by atomic mass is 9.91. The number of hydrogen-bond acceptors (Lipinski definition) is 5. The van der Waals surface area contributed by atoms with Gasteiger partial charge < -0.3 is 5.11 Å². The highest BCUT2D eigenvalue weighted by Crippen LogP contribution is 2.40. The van der Waals surface area contributed by atoms with Crippen LogP contribution in [-0.4, -0.2) is 32.0 Å². The van der Waals surface area contributed by atoms with Crippen molar-refractivity contribution in [3.63, 3.8) is 0 Å². The van der Waals surface area contributed by atoms with Crippen LogP contribution in [-0.2, 0) is 15.7 Å². The topological polar surface area (TPSA) is 104 Å². The van der Waals surface area contributed by atoms with E-state index in [1.165, 1.54) is 12.1 Å². The molecule has 1 aliphatic heterocycles. The van der Waals surface area contributed by atoms with Gasteiger partial charge in [0.2, 0.25) is 15.7 Å². The SMILES string of the molecule is NS(=O)(=O)c1ccc(C2(c3ccc(Br)cc3)NCC(O)(C(F)(F)F)N2)cc1F. The summed E-state index contributed by atoms with van der Waals surface area (Å²) in [6.45, 7) is -0.925. The lowest BCUT2D eigenvalue weighted by Gasteiger charge is -2.34. The number of rotatable bonds is 3. The average molecular weight is 484 g/mol. The highest BCUT2D eigenvalue weighted by atomic mass is 79.9. The average Bonchev–Trinajstić information content (AvgIpc) is 2.94. The number of sulfonamides is 1. The third kappa shape index (κ3) is 3.55. The molecule has 0 radical (unpaired) electrons. The summed E-state index contributed by atoms with van der Waals surface area (Å²) in [5.74, 6) is -1.23. The van der Waals surface area contributed by atoms with E-state index in [9.17, 15) is 31.1 Å². The van der Waals surface area contributed by atoms with Crippen molar-refractivity contribution in [2.45, 2.75) is 22.5 Å². The van der Waals surface area contributed by atoms with E-state index in [2.05, 4.69) is 26.6 Å². The molecule has 0 bridgehead atoms. The predicted molar refractivity (Wildman–Crippen MR) is 94.8 cm³/mol. The standard InChI is InChI=1S/C16H14BrF4N3O3S/c17-11-4-1-9(2-5-11)15(23-8-14(25,24-15)16(19,20)21)10-3-6-13(12(18)7-10)28(22,26)27/h1-7,23-25H,8H2,(H2,22,26,27). The van der Waals surface area contributed by atoms with Gasteiger partial charge in [-0.05, 0) is 35.4 Å². The minimum atomic E-state index is -5.03. The highest BCUT2D eigenvalue weighted by Gasteiger charge is 2.62. The summed E-state index contributed by atoms with van der Waals surface area (Å²) >= 11 is 3.21. The minimum Gasteiger partial charge on any atom is -0.367 e. The van der Waals surface area contributed by atoms with Gasteiger partial charge in [-0.1, -0.05) is 34.1 Å². The third-order valence-electron chi connectivity index (χ3n) is 4.42. The molecule has 2 aromatic rings. The van der Waals surface area contributed by atoms with E-state index in [-0.39, 0.29) is 11.1 Å². The van der Waals surface area contributed by atoms with E-state index < -0.39 is 44.8 Å². The Bertz CT molecular complexity index is 1020. The number of benzene rings is 2. The van der Waals surface area contributed by atoms with Crippen LogP contribution in [0.3, 0.4) is 0 Å². The molecule has 6 nitrogen and oxygen atoms in total. The van der Waals surface area contributed by atoms with Gasteiger partial charge in [-0.15, -0.1) is 0 Å². The van der Waals surface area contributed by atoms with Gasteiger partial charge in [-0.3, -0.25) is 10.6 Å². The molecule has 2 unspecified atom stereocenters. The van der Waals surface area contributed by atoms with Gasteiger partial charge in [-0.2, -0.15) is 13.2 Å². The van der Waals surface area contributed by atoms with Crippen molar-refractivity contribution in [3.05, 3.63) is 63.9 Å². The maximum atomic E-state index is 14.4. The molecule has 5 N–H and O–H groups in total. The fourth-order valence-electron chi connectivity index (χ4n) is 3.01. The van der Waals surface area contributed by atoms with Crippen LogP contribution in [0.2, 0.25) is 0 Å². The number of nitrogens with two attached hydrogens (primary N) is 1. The fourth-order valence-corrected chi connectivity index (χ4v) is 3.86. The van der Waals surface area contributed by atoms with Crippen molar-refractivity contribution in [3.8, 4) is 0 Å². The zero-order valence-electron chi connectivity index (χ0n) is 13.9. The zero-order valence-corrected chi connectivity index (χ0v) is 16.3. The van der Waals surface area contributed by atoms with Crippen LogP contribution in [0.1, 0.15) is 11.1 Å². The van der Waals surface area contributed by atoms with Gasteiger partial charge in [0.15, 0.2) is 0 Å². The number of nitrogens with one attached hydrogen (secondary N) is 2. The van der Waals surface area contributed by atoms with Gasteiger partial charge in [-0.25, -0.2) is 17.9 Å². The van der Waals surface area contributed by atoms with Gasteiger partial charge in [0.05, 0.1) is 0 Å². The summed E-state index contributed by atoms with van der Waals surface area (Å²) in [7, 11) is -4.36. The Morgan fingerprint density at radius 2 is 1.68 bits per heavy atom. The maximum absolute atomic E-state index is 14.4. The summed E-state index contributed by atoms with van der Waals surface area (Å²) in [5.41, 5.74) is -4.99. The van der Waals surface area contributed by atoms with Gasteiger partial charge in [0.25, 0.3) is 0 Å². The van der Waals surface area contributed by atoms with Gasteiger partial charge in [0.1, 0.15) is 16.4 Å². The van der Waals surface area contributed by atoms with Crippen molar-refractivity contribution in [2.24, 2.45) is 5.14 Å². The lowest BCUT2D eigenvalue weighted by molar-refractivity contribution is -0.263. The second kappa shape index (κ2) is 6.75. The molecular formula is C16H14BrF4N3O3S. The first-order valence-electron chi connectivity index (χ1n) is 7.71. The molecule has 0 amide bonds. The second-order valence-corrected chi connectivity index (χ2v) is 8.73. The number of aliphatic hydroxyl groups is 1. The monoisotopic (exact) mass is 483 g/mol. The highest BCUT2D eigenvalue weighted by molar-refractivity contribution is 9.10. The number of primary sulfonamides is 1. The Balaban J connectivity index is 2.19. The first kappa shape index (κ1) is 21.1. The van der Waals surface area contributed by atoms with Gasteiger partial charge in [0, 0.05) is 11.0 Å². The van der Waals surface area contributed by atoms with Crippen LogP contribution in [0.15, 0.2) is 51.8 Å². The van der Waals surface area contributed by atoms with E-state index in [4.69, 9.17) is 5.14 Å². The van der Waals surface area contributed by atoms with E-state index >= 15 is 0 Å². The van der Waals surface area contributed by atoms with E-state index in [1.54, 1.807) is 12.1 Å². The van der Waals surface area contributed by atoms with E-state index in [1.807, 2.05) is 0 Å². The first-order valence-corrected chi connectivity index (χ1v) is 10.0. The van der Waals surface area contributed by atoms with Gasteiger partial charge >= 0.3 is 6.18 Å². The Labute approximate surface area is 165 Å². The first-order chi connectivity index (χ1) is 12.8.